The number of piperidine rings is 1. The van der Waals surface area contributed by atoms with Crippen LogP contribution in [0.5, 0.6) is 0 Å². The van der Waals surface area contributed by atoms with E-state index in [4.69, 9.17) is 4.74 Å². The molecule has 2 atom stereocenters. The monoisotopic (exact) mass is 398 g/mol. The number of amides is 1. The maximum atomic E-state index is 12.2. The minimum atomic E-state index is -0.278. The van der Waals surface area contributed by atoms with Gasteiger partial charge < -0.3 is 9.64 Å². The van der Waals surface area contributed by atoms with Gasteiger partial charge in [-0.1, -0.05) is 37.3 Å². The van der Waals surface area contributed by atoms with Gasteiger partial charge in [0, 0.05) is 25.9 Å². The van der Waals surface area contributed by atoms with Crippen molar-refractivity contribution in [3.8, 4) is 0 Å². The van der Waals surface area contributed by atoms with Crippen molar-refractivity contribution in [1.82, 2.24) is 9.80 Å². The molecule has 2 heterocycles. The van der Waals surface area contributed by atoms with Crippen molar-refractivity contribution in [3.05, 3.63) is 35.9 Å². The largest absolute Gasteiger partial charge is 0.453 e. The molecule has 1 aromatic carbocycles. The first-order valence-corrected chi connectivity index (χ1v) is 11.2. The molecule has 2 aliphatic heterocycles. The highest BCUT2D eigenvalue weighted by atomic mass is 16.5. The Bertz CT molecular complexity index is 721. The number of Topliss-reactive ketones (excluding diaryl/α,β-unsaturated/α-hetero) is 1. The molecule has 5 nitrogen and oxygen atoms in total. The molecule has 0 spiro atoms. The highest BCUT2D eigenvalue weighted by molar-refractivity contribution is 5.80. The molecule has 1 aromatic rings. The molecule has 2 saturated heterocycles. The molecule has 4 rings (SSSR count). The molecule has 0 aromatic heterocycles. The number of likely N-dealkylation sites (tertiary alicyclic amines) is 2. The summed E-state index contributed by atoms with van der Waals surface area (Å²) in [5, 5.41) is 0. The highest BCUT2D eigenvalue weighted by Gasteiger charge is 2.51. The molecule has 1 unspecified atom stereocenters. The fourth-order valence-electron chi connectivity index (χ4n) is 5.53. The number of carbonyl (C=O) groups is 2. The van der Waals surface area contributed by atoms with Crippen molar-refractivity contribution >= 4 is 11.9 Å². The molecule has 3 aliphatic rings. The first-order chi connectivity index (χ1) is 14.0. The van der Waals surface area contributed by atoms with Gasteiger partial charge in [-0.25, -0.2) is 4.79 Å². The first kappa shape index (κ1) is 20.4. The van der Waals surface area contributed by atoms with Crippen LogP contribution in [0.25, 0.3) is 0 Å². The normalized spacial score (nSPS) is 26.6. The van der Waals surface area contributed by atoms with Gasteiger partial charge in [0.15, 0.2) is 0 Å². The van der Waals surface area contributed by atoms with Crippen LogP contribution in [0.2, 0.25) is 0 Å². The third kappa shape index (κ3) is 4.35. The molecule has 3 fully saturated rings. The lowest BCUT2D eigenvalue weighted by Crippen LogP contribution is -2.72. The van der Waals surface area contributed by atoms with Gasteiger partial charge in [0.25, 0.3) is 0 Å². The zero-order chi connectivity index (χ0) is 20.4. The van der Waals surface area contributed by atoms with Gasteiger partial charge in [-0.05, 0) is 62.1 Å². The average molecular weight is 399 g/mol. The average Bonchev–Trinajstić information content (AvgIpc) is 3.50. The summed E-state index contributed by atoms with van der Waals surface area (Å²) >= 11 is 0. The lowest BCUT2D eigenvalue weighted by molar-refractivity contribution is -0.128. The predicted molar refractivity (Wildman–Crippen MR) is 113 cm³/mol. The molecule has 158 valence electrons. The summed E-state index contributed by atoms with van der Waals surface area (Å²) in [6.07, 6.45) is 5.94. The molecule has 1 aliphatic carbocycles. The summed E-state index contributed by atoms with van der Waals surface area (Å²) < 4.78 is 4.86. The summed E-state index contributed by atoms with van der Waals surface area (Å²) in [4.78, 5) is 28.3. The Morgan fingerprint density at radius 2 is 1.83 bits per heavy atom. The summed E-state index contributed by atoms with van der Waals surface area (Å²) in [6.45, 7) is 5.25. The van der Waals surface area contributed by atoms with Crippen LogP contribution >= 0.6 is 0 Å². The van der Waals surface area contributed by atoms with E-state index in [-0.39, 0.29) is 11.6 Å². The van der Waals surface area contributed by atoms with Gasteiger partial charge in [0.2, 0.25) is 0 Å². The van der Waals surface area contributed by atoms with Crippen LogP contribution in [-0.4, -0.2) is 60.5 Å². The van der Waals surface area contributed by atoms with Gasteiger partial charge in [0.05, 0.1) is 12.6 Å². The van der Waals surface area contributed by atoms with E-state index in [1.165, 1.54) is 38.4 Å². The number of nitrogens with zero attached hydrogens (tertiary/aromatic N) is 2. The standard InChI is InChI=1S/C24H34N2O3/c1-3-21(27)15-24(16-25(17-24)23(28)29-2)26-11-9-18(10-12-26)13-20-14-22(20)19-7-5-4-6-8-19/h4-8,18,20,22H,3,9-17H2,1-2H3/t20-,22?/m1/s1. The number of hydrogen-bond acceptors (Lipinski definition) is 4. The van der Waals surface area contributed by atoms with E-state index in [2.05, 4.69) is 35.2 Å². The minimum absolute atomic E-state index is 0.168. The van der Waals surface area contributed by atoms with Gasteiger partial charge in [-0.2, -0.15) is 0 Å². The SMILES string of the molecule is CCC(=O)CC1(N2CCC(C[C@@H]3CC3c3ccccc3)CC2)CN(C(=O)OC)C1. The molecule has 0 bridgehead atoms. The second-order valence-corrected chi connectivity index (χ2v) is 9.30. The smallest absolute Gasteiger partial charge is 0.409 e. The van der Waals surface area contributed by atoms with E-state index in [0.717, 1.165) is 30.8 Å². The Labute approximate surface area is 174 Å². The van der Waals surface area contributed by atoms with E-state index in [1.807, 2.05) is 6.92 Å². The fourth-order valence-corrected chi connectivity index (χ4v) is 5.53. The van der Waals surface area contributed by atoms with Gasteiger partial charge >= 0.3 is 6.09 Å². The molecule has 0 N–H and O–H groups in total. The topological polar surface area (TPSA) is 49.9 Å². The Kier molecular flexibility index (Phi) is 5.95. The Morgan fingerprint density at radius 1 is 1.14 bits per heavy atom. The van der Waals surface area contributed by atoms with Crippen LogP contribution in [0, 0.1) is 11.8 Å². The molecule has 5 heteroatoms. The minimum Gasteiger partial charge on any atom is -0.453 e. The summed E-state index contributed by atoms with van der Waals surface area (Å²) in [5.41, 5.74) is 1.34. The third-order valence-electron chi connectivity index (χ3n) is 7.40. The fraction of sp³-hybridized carbons (Fsp3) is 0.667. The summed E-state index contributed by atoms with van der Waals surface area (Å²) in [7, 11) is 1.42. The number of rotatable bonds is 7. The van der Waals surface area contributed by atoms with Gasteiger partial charge in [-0.15, -0.1) is 0 Å². The number of methoxy groups -OCH3 is 1. The Balaban J connectivity index is 1.29. The maximum absolute atomic E-state index is 12.2. The van der Waals surface area contributed by atoms with Crippen molar-refractivity contribution in [1.29, 1.82) is 0 Å². The van der Waals surface area contributed by atoms with Crippen LogP contribution in [0.4, 0.5) is 4.79 Å². The van der Waals surface area contributed by atoms with Crippen molar-refractivity contribution in [2.75, 3.05) is 33.3 Å². The van der Waals surface area contributed by atoms with E-state index >= 15 is 0 Å². The second kappa shape index (κ2) is 8.47. The molecular weight excluding hydrogens is 364 g/mol. The number of carbonyl (C=O) groups excluding carboxylic acids is 2. The van der Waals surface area contributed by atoms with Crippen LogP contribution in [-0.2, 0) is 9.53 Å². The summed E-state index contributed by atoms with van der Waals surface area (Å²) in [6, 6.07) is 10.9. The van der Waals surface area contributed by atoms with Crippen LogP contribution in [0.15, 0.2) is 30.3 Å². The highest BCUT2D eigenvalue weighted by Crippen LogP contribution is 2.52. The van der Waals surface area contributed by atoms with Crippen molar-refractivity contribution in [2.24, 2.45) is 11.8 Å². The van der Waals surface area contributed by atoms with E-state index in [1.54, 1.807) is 4.90 Å². The maximum Gasteiger partial charge on any atom is 0.409 e. The number of benzene rings is 1. The van der Waals surface area contributed by atoms with E-state index < -0.39 is 0 Å². The van der Waals surface area contributed by atoms with Gasteiger partial charge in [-0.3, -0.25) is 9.69 Å². The Hall–Kier alpha value is -1.88. The van der Waals surface area contributed by atoms with Crippen molar-refractivity contribution in [2.45, 2.75) is 56.9 Å². The zero-order valence-electron chi connectivity index (χ0n) is 17.8. The lowest BCUT2D eigenvalue weighted by atomic mass is 9.79. The molecule has 1 amide bonds. The number of ether oxygens (including phenoxy) is 1. The van der Waals surface area contributed by atoms with E-state index in [9.17, 15) is 9.59 Å². The van der Waals surface area contributed by atoms with E-state index in [0.29, 0.717) is 31.7 Å². The molecule has 29 heavy (non-hydrogen) atoms. The third-order valence-corrected chi connectivity index (χ3v) is 7.40. The van der Waals surface area contributed by atoms with Crippen molar-refractivity contribution < 1.29 is 14.3 Å². The van der Waals surface area contributed by atoms with Crippen LogP contribution < -0.4 is 0 Å². The summed E-state index contributed by atoms with van der Waals surface area (Å²) in [5.74, 6) is 2.70. The quantitative estimate of drug-likeness (QED) is 0.694. The molecule has 0 radical (unpaired) electrons. The lowest BCUT2D eigenvalue weighted by Gasteiger charge is -2.56. The van der Waals surface area contributed by atoms with Gasteiger partial charge in [0.1, 0.15) is 5.78 Å². The van der Waals surface area contributed by atoms with Crippen LogP contribution in [0.1, 0.15) is 56.9 Å². The Morgan fingerprint density at radius 3 is 2.45 bits per heavy atom. The zero-order valence-corrected chi connectivity index (χ0v) is 17.8. The molecular formula is C24H34N2O3. The van der Waals surface area contributed by atoms with Crippen LogP contribution in [0.3, 0.4) is 0 Å². The predicted octanol–water partition coefficient (Wildman–Crippen LogP) is 4.08. The molecule has 1 saturated carbocycles. The number of hydrogen-bond donors (Lipinski definition) is 0. The number of ketones is 1. The second-order valence-electron chi connectivity index (χ2n) is 9.30. The van der Waals surface area contributed by atoms with Crippen molar-refractivity contribution in [3.63, 3.8) is 0 Å². The first-order valence-electron chi connectivity index (χ1n) is 11.2.